The minimum atomic E-state index is -0.291. The highest BCUT2D eigenvalue weighted by atomic mass is 16.1. The predicted octanol–water partition coefficient (Wildman–Crippen LogP) is 2.69. The lowest BCUT2D eigenvalue weighted by atomic mass is 9.97. The van der Waals surface area contributed by atoms with Crippen LogP contribution in [0.4, 0.5) is 0 Å². The Kier molecular flexibility index (Phi) is 4.23. The van der Waals surface area contributed by atoms with E-state index < -0.39 is 0 Å². The molecule has 108 valence electrons. The fraction of sp³-hybridized carbons (Fsp3) is 0.500. The molecule has 0 atom stereocenters. The molecular formula is C16H23N3O. The molecule has 0 aliphatic carbocycles. The minimum Gasteiger partial charge on any atom is -0.326 e. The SMILES string of the molecule is CCn1nc(CC(=O)CCC(C)(C)N)c2ccccc21. The standard InChI is InChI=1S/C16H23N3O/c1-4-19-15-8-6-5-7-13(15)14(18-19)11-12(20)9-10-16(2,3)17/h5-8H,4,9-11,17H2,1-3H3. The summed E-state index contributed by atoms with van der Waals surface area (Å²) in [5.74, 6) is 0.204. The average molecular weight is 273 g/mol. The van der Waals surface area contributed by atoms with Gasteiger partial charge in [0.05, 0.1) is 17.6 Å². The first-order valence-corrected chi connectivity index (χ1v) is 7.15. The Labute approximate surface area is 120 Å². The Bertz CT molecular complexity index is 608. The number of aryl methyl sites for hydroxylation is 1. The van der Waals surface area contributed by atoms with E-state index in [9.17, 15) is 4.79 Å². The van der Waals surface area contributed by atoms with Crippen molar-refractivity contribution in [2.75, 3.05) is 0 Å². The van der Waals surface area contributed by atoms with E-state index in [2.05, 4.69) is 12.0 Å². The van der Waals surface area contributed by atoms with E-state index >= 15 is 0 Å². The number of benzene rings is 1. The highest BCUT2D eigenvalue weighted by Crippen LogP contribution is 2.20. The Hall–Kier alpha value is -1.68. The summed E-state index contributed by atoms with van der Waals surface area (Å²) in [4.78, 5) is 12.1. The molecule has 0 fully saturated rings. The normalized spacial score (nSPS) is 12.0. The number of hydrogen-bond acceptors (Lipinski definition) is 3. The summed E-state index contributed by atoms with van der Waals surface area (Å²) in [5.41, 5.74) is 7.60. The number of carbonyl (C=O) groups is 1. The van der Waals surface area contributed by atoms with Gasteiger partial charge in [-0.05, 0) is 33.3 Å². The van der Waals surface area contributed by atoms with E-state index in [1.165, 1.54) is 0 Å². The molecule has 1 heterocycles. The zero-order valence-electron chi connectivity index (χ0n) is 12.5. The van der Waals surface area contributed by atoms with E-state index in [1.54, 1.807) is 0 Å². The van der Waals surface area contributed by atoms with Gasteiger partial charge in [0.25, 0.3) is 0 Å². The summed E-state index contributed by atoms with van der Waals surface area (Å²) in [6.07, 6.45) is 1.61. The molecule has 0 saturated carbocycles. The molecule has 4 heteroatoms. The van der Waals surface area contributed by atoms with E-state index in [4.69, 9.17) is 5.73 Å². The molecule has 0 aliphatic rings. The molecule has 20 heavy (non-hydrogen) atoms. The van der Waals surface area contributed by atoms with Gasteiger partial charge in [-0.15, -0.1) is 0 Å². The van der Waals surface area contributed by atoms with Crippen LogP contribution in [0.2, 0.25) is 0 Å². The maximum Gasteiger partial charge on any atom is 0.139 e. The number of aromatic nitrogens is 2. The molecule has 1 aromatic carbocycles. The van der Waals surface area contributed by atoms with Gasteiger partial charge in [0.15, 0.2) is 0 Å². The first-order chi connectivity index (χ1) is 9.40. The first-order valence-electron chi connectivity index (χ1n) is 7.15. The quantitative estimate of drug-likeness (QED) is 0.880. The number of fused-ring (bicyclic) bond motifs is 1. The van der Waals surface area contributed by atoms with E-state index in [-0.39, 0.29) is 11.3 Å². The van der Waals surface area contributed by atoms with Crippen molar-refractivity contribution in [2.45, 2.75) is 52.1 Å². The number of carbonyl (C=O) groups excluding carboxylic acids is 1. The monoisotopic (exact) mass is 273 g/mol. The largest absolute Gasteiger partial charge is 0.326 e. The van der Waals surface area contributed by atoms with Crippen molar-refractivity contribution in [3.8, 4) is 0 Å². The lowest BCUT2D eigenvalue weighted by molar-refractivity contribution is -0.118. The van der Waals surface area contributed by atoms with Crippen molar-refractivity contribution < 1.29 is 4.79 Å². The summed E-state index contributed by atoms with van der Waals surface area (Å²) >= 11 is 0. The van der Waals surface area contributed by atoms with Gasteiger partial charge in [-0.2, -0.15) is 5.10 Å². The molecule has 2 rings (SSSR count). The van der Waals surface area contributed by atoms with Crippen molar-refractivity contribution in [1.29, 1.82) is 0 Å². The average Bonchev–Trinajstić information content (AvgIpc) is 2.74. The number of rotatable bonds is 6. The van der Waals surface area contributed by atoms with Crippen LogP contribution in [-0.2, 0) is 17.8 Å². The van der Waals surface area contributed by atoms with Crippen LogP contribution in [0.1, 0.15) is 39.3 Å². The van der Waals surface area contributed by atoms with Crippen molar-refractivity contribution in [3.63, 3.8) is 0 Å². The molecule has 0 unspecified atom stereocenters. The Morgan fingerprint density at radius 1 is 1.35 bits per heavy atom. The van der Waals surface area contributed by atoms with Crippen LogP contribution in [0.3, 0.4) is 0 Å². The molecular weight excluding hydrogens is 250 g/mol. The van der Waals surface area contributed by atoms with Gasteiger partial charge in [-0.3, -0.25) is 9.48 Å². The van der Waals surface area contributed by atoms with Crippen molar-refractivity contribution in [2.24, 2.45) is 5.73 Å². The fourth-order valence-electron chi connectivity index (χ4n) is 2.30. The molecule has 0 bridgehead atoms. The van der Waals surface area contributed by atoms with Gasteiger partial charge >= 0.3 is 0 Å². The smallest absolute Gasteiger partial charge is 0.139 e. The number of nitrogens with two attached hydrogens (primary N) is 1. The first kappa shape index (κ1) is 14.7. The molecule has 1 aromatic heterocycles. The minimum absolute atomic E-state index is 0.204. The highest BCUT2D eigenvalue weighted by Gasteiger charge is 2.16. The van der Waals surface area contributed by atoms with Gasteiger partial charge in [-0.25, -0.2) is 0 Å². The molecule has 2 aromatic rings. The predicted molar refractivity (Wildman–Crippen MR) is 81.6 cm³/mol. The summed E-state index contributed by atoms with van der Waals surface area (Å²) < 4.78 is 1.95. The van der Waals surface area contributed by atoms with Gasteiger partial charge in [0.1, 0.15) is 5.78 Å². The summed E-state index contributed by atoms with van der Waals surface area (Å²) in [7, 11) is 0. The molecule has 0 radical (unpaired) electrons. The molecule has 0 spiro atoms. The van der Waals surface area contributed by atoms with Crippen LogP contribution in [0.25, 0.3) is 10.9 Å². The lowest BCUT2D eigenvalue weighted by Gasteiger charge is -2.17. The van der Waals surface area contributed by atoms with Crippen LogP contribution in [0.5, 0.6) is 0 Å². The summed E-state index contributed by atoms with van der Waals surface area (Å²) in [6.45, 7) is 6.76. The second-order valence-corrected chi connectivity index (χ2v) is 5.98. The Morgan fingerprint density at radius 3 is 2.70 bits per heavy atom. The number of hydrogen-bond donors (Lipinski definition) is 1. The second kappa shape index (κ2) is 5.75. The summed E-state index contributed by atoms with van der Waals surface area (Å²) in [6, 6.07) is 8.06. The van der Waals surface area contributed by atoms with Gasteiger partial charge in [0, 0.05) is 23.9 Å². The molecule has 0 saturated heterocycles. The number of para-hydroxylation sites is 1. The van der Waals surface area contributed by atoms with Crippen LogP contribution < -0.4 is 5.73 Å². The lowest BCUT2D eigenvalue weighted by Crippen LogP contribution is -2.32. The number of Topliss-reactive ketones (excluding diaryl/α,β-unsaturated/α-hetero) is 1. The molecule has 4 nitrogen and oxygen atoms in total. The zero-order valence-corrected chi connectivity index (χ0v) is 12.5. The maximum absolute atomic E-state index is 12.1. The Morgan fingerprint density at radius 2 is 2.05 bits per heavy atom. The third-order valence-corrected chi connectivity index (χ3v) is 3.45. The van der Waals surface area contributed by atoms with Gasteiger partial charge in [0.2, 0.25) is 0 Å². The zero-order chi connectivity index (χ0) is 14.8. The maximum atomic E-state index is 12.1. The Balaban J connectivity index is 2.15. The van der Waals surface area contributed by atoms with E-state index in [1.807, 2.05) is 42.8 Å². The van der Waals surface area contributed by atoms with Crippen molar-refractivity contribution in [3.05, 3.63) is 30.0 Å². The van der Waals surface area contributed by atoms with Crippen LogP contribution in [0, 0.1) is 0 Å². The van der Waals surface area contributed by atoms with Crippen LogP contribution in [-0.4, -0.2) is 21.1 Å². The van der Waals surface area contributed by atoms with Gasteiger partial charge in [-0.1, -0.05) is 18.2 Å². The molecule has 0 amide bonds. The summed E-state index contributed by atoms with van der Waals surface area (Å²) in [5, 5.41) is 5.64. The van der Waals surface area contributed by atoms with E-state index in [0.717, 1.165) is 23.1 Å². The number of nitrogens with zero attached hydrogens (tertiary/aromatic N) is 2. The highest BCUT2D eigenvalue weighted by molar-refractivity contribution is 5.88. The van der Waals surface area contributed by atoms with Gasteiger partial charge < -0.3 is 5.73 Å². The topological polar surface area (TPSA) is 60.9 Å². The third kappa shape index (κ3) is 3.45. The van der Waals surface area contributed by atoms with Crippen molar-refractivity contribution >= 4 is 16.7 Å². The number of ketones is 1. The molecule has 0 aliphatic heterocycles. The fourth-order valence-corrected chi connectivity index (χ4v) is 2.30. The van der Waals surface area contributed by atoms with E-state index in [0.29, 0.717) is 19.3 Å². The van der Waals surface area contributed by atoms with Crippen LogP contribution in [0.15, 0.2) is 24.3 Å². The third-order valence-electron chi connectivity index (χ3n) is 3.45. The van der Waals surface area contributed by atoms with Crippen LogP contribution >= 0.6 is 0 Å². The van der Waals surface area contributed by atoms with Crippen molar-refractivity contribution in [1.82, 2.24) is 9.78 Å². The molecule has 2 N–H and O–H groups in total. The second-order valence-electron chi connectivity index (χ2n) is 5.98.